The van der Waals surface area contributed by atoms with Crippen molar-refractivity contribution in [3.63, 3.8) is 0 Å². The molecule has 0 heterocycles. The van der Waals surface area contributed by atoms with Crippen LogP contribution in [0.2, 0.25) is 0 Å². The highest BCUT2D eigenvalue weighted by atomic mass is 35.5. The van der Waals surface area contributed by atoms with Crippen molar-refractivity contribution in [2.75, 3.05) is 31.5 Å². The Kier molecular flexibility index (Phi) is 5.72. The Morgan fingerprint density at radius 2 is 2.24 bits per heavy atom. The molecule has 0 fully saturated rings. The summed E-state index contributed by atoms with van der Waals surface area (Å²) in [6.45, 7) is 0.644. The fourth-order valence-electron chi connectivity index (χ4n) is 1.13. The molecule has 0 saturated heterocycles. The zero-order valence-corrected chi connectivity index (χ0v) is 10.1. The topological polar surface area (TPSA) is 47.6 Å². The third kappa shape index (κ3) is 4.58. The van der Waals surface area contributed by atoms with Crippen molar-refractivity contribution in [2.45, 2.75) is 0 Å². The number of carbonyl (C=O) groups excluding carboxylic acids is 1. The summed E-state index contributed by atoms with van der Waals surface area (Å²) in [7, 11) is 1.53. The van der Waals surface area contributed by atoms with Crippen molar-refractivity contribution in [1.82, 2.24) is 0 Å². The van der Waals surface area contributed by atoms with E-state index in [9.17, 15) is 9.18 Å². The number of anilines is 1. The molecule has 0 spiro atoms. The first-order valence-electron chi connectivity index (χ1n) is 4.94. The van der Waals surface area contributed by atoms with Crippen molar-refractivity contribution >= 4 is 23.2 Å². The molecule has 6 heteroatoms. The fourth-order valence-corrected chi connectivity index (χ4v) is 1.19. The van der Waals surface area contributed by atoms with Crippen LogP contribution in [-0.4, -0.2) is 32.1 Å². The Morgan fingerprint density at radius 3 is 2.82 bits per heavy atom. The van der Waals surface area contributed by atoms with Gasteiger partial charge in [0.05, 0.1) is 6.61 Å². The summed E-state index contributed by atoms with van der Waals surface area (Å²) in [5, 5.41) is 2.44. The lowest BCUT2D eigenvalue weighted by Crippen LogP contribution is -2.13. The molecule has 4 nitrogen and oxygen atoms in total. The van der Waals surface area contributed by atoms with E-state index < -0.39 is 5.82 Å². The van der Waals surface area contributed by atoms with E-state index in [1.807, 2.05) is 0 Å². The predicted octanol–water partition coefficient (Wildman–Crippen LogP) is 2.03. The monoisotopic (exact) mass is 261 g/mol. The highest BCUT2D eigenvalue weighted by molar-refractivity contribution is 6.29. The minimum Gasteiger partial charge on any atom is -0.488 e. The third-order valence-electron chi connectivity index (χ3n) is 1.88. The van der Waals surface area contributed by atoms with Crippen LogP contribution in [0.15, 0.2) is 18.2 Å². The van der Waals surface area contributed by atoms with Gasteiger partial charge >= 0.3 is 0 Å². The van der Waals surface area contributed by atoms with E-state index in [1.165, 1.54) is 25.3 Å². The first-order valence-corrected chi connectivity index (χ1v) is 5.48. The zero-order chi connectivity index (χ0) is 12.7. The average molecular weight is 262 g/mol. The number of methoxy groups -OCH3 is 1. The Labute approximate surface area is 104 Å². The molecule has 0 aliphatic heterocycles. The number of amides is 1. The molecule has 0 aliphatic rings. The molecule has 94 valence electrons. The SMILES string of the molecule is COCCOc1ccc(NC(=O)CCl)cc1F. The highest BCUT2D eigenvalue weighted by Gasteiger charge is 2.06. The van der Waals surface area contributed by atoms with Gasteiger partial charge in [-0.25, -0.2) is 4.39 Å². The first-order chi connectivity index (χ1) is 8.17. The van der Waals surface area contributed by atoms with Crippen LogP contribution in [0.4, 0.5) is 10.1 Å². The van der Waals surface area contributed by atoms with E-state index in [-0.39, 0.29) is 24.1 Å². The third-order valence-corrected chi connectivity index (χ3v) is 2.12. The van der Waals surface area contributed by atoms with Crippen molar-refractivity contribution in [3.8, 4) is 5.75 Å². The van der Waals surface area contributed by atoms with Gasteiger partial charge in [0.1, 0.15) is 12.5 Å². The summed E-state index contributed by atoms with van der Waals surface area (Å²) in [6.07, 6.45) is 0. The zero-order valence-electron chi connectivity index (χ0n) is 9.33. The van der Waals surface area contributed by atoms with E-state index in [0.29, 0.717) is 12.3 Å². The Morgan fingerprint density at radius 1 is 1.47 bits per heavy atom. The van der Waals surface area contributed by atoms with E-state index in [2.05, 4.69) is 5.32 Å². The van der Waals surface area contributed by atoms with Crippen molar-refractivity contribution in [2.24, 2.45) is 0 Å². The molecule has 0 saturated carbocycles. The number of ether oxygens (including phenoxy) is 2. The second kappa shape index (κ2) is 7.09. The number of hydrogen-bond acceptors (Lipinski definition) is 3. The van der Waals surface area contributed by atoms with Crippen LogP contribution in [0.5, 0.6) is 5.75 Å². The van der Waals surface area contributed by atoms with Gasteiger partial charge < -0.3 is 14.8 Å². The number of carbonyl (C=O) groups is 1. The summed E-state index contributed by atoms with van der Waals surface area (Å²) in [4.78, 5) is 11.0. The van der Waals surface area contributed by atoms with Gasteiger partial charge in [0.15, 0.2) is 11.6 Å². The van der Waals surface area contributed by atoms with Gasteiger partial charge in [-0.15, -0.1) is 11.6 Å². The molecule has 1 aromatic carbocycles. The van der Waals surface area contributed by atoms with E-state index in [1.54, 1.807) is 0 Å². The molecule has 0 atom stereocenters. The molecule has 1 N–H and O–H groups in total. The Bertz CT molecular complexity index is 387. The minimum absolute atomic E-state index is 0.117. The summed E-state index contributed by atoms with van der Waals surface area (Å²) in [6, 6.07) is 4.15. The van der Waals surface area contributed by atoms with Gasteiger partial charge in [0.2, 0.25) is 5.91 Å². The van der Waals surface area contributed by atoms with Crippen LogP contribution in [0.25, 0.3) is 0 Å². The second-order valence-corrected chi connectivity index (χ2v) is 3.44. The van der Waals surface area contributed by atoms with Crippen LogP contribution in [-0.2, 0) is 9.53 Å². The van der Waals surface area contributed by atoms with Crippen molar-refractivity contribution in [3.05, 3.63) is 24.0 Å². The molecule has 0 bridgehead atoms. The van der Waals surface area contributed by atoms with Gasteiger partial charge in [0, 0.05) is 18.9 Å². The van der Waals surface area contributed by atoms with Crippen LogP contribution >= 0.6 is 11.6 Å². The lowest BCUT2D eigenvalue weighted by atomic mass is 10.3. The summed E-state index contributed by atoms with van der Waals surface area (Å²) < 4.78 is 23.4. The molecule has 0 radical (unpaired) electrons. The lowest BCUT2D eigenvalue weighted by molar-refractivity contribution is -0.113. The number of halogens is 2. The predicted molar refractivity (Wildman–Crippen MR) is 63.1 cm³/mol. The minimum atomic E-state index is -0.548. The molecule has 0 unspecified atom stereocenters. The van der Waals surface area contributed by atoms with Gasteiger partial charge in [0.25, 0.3) is 0 Å². The van der Waals surface area contributed by atoms with E-state index in [4.69, 9.17) is 21.1 Å². The van der Waals surface area contributed by atoms with Crippen LogP contribution in [0, 0.1) is 5.82 Å². The standard InChI is InChI=1S/C11H13ClFNO3/c1-16-4-5-17-10-3-2-8(6-9(10)13)14-11(15)7-12/h2-3,6H,4-5,7H2,1H3,(H,14,15). The molecular formula is C11H13ClFNO3. The number of rotatable bonds is 6. The van der Waals surface area contributed by atoms with Crippen LogP contribution < -0.4 is 10.1 Å². The summed E-state index contributed by atoms with van der Waals surface area (Å²) in [5.74, 6) is -0.994. The summed E-state index contributed by atoms with van der Waals surface area (Å²) in [5.41, 5.74) is 0.340. The Hall–Kier alpha value is -1.33. The summed E-state index contributed by atoms with van der Waals surface area (Å²) >= 11 is 5.31. The largest absolute Gasteiger partial charge is 0.488 e. The molecule has 1 amide bonds. The molecule has 0 aliphatic carbocycles. The smallest absolute Gasteiger partial charge is 0.239 e. The van der Waals surface area contributed by atoms with Crippen molar-refractivity contribution < 1.29 is 18.7 Å². The number of hydrogen-bond donors (Lipinski definition) is 1. The maximum absolute atomic E-state index is 13.5. The number of nitrogens with one attached hydrogen (secondary N) is 1. The van der Waals surface area contributed by atoms with Gasteiger partial charge in [-0.05, 0) is 12.1 Å². The molecule has 1 aromatic rings. The average Bonchev–Trinajstić information content (AvgIpc) is 2.32. The highest BCUT2D eigenvalue weighted by Crippen LogP contribution is 2.21. The number of benzene rings is 1. The van der Waals surface area contributed by atoms with Gasteiger partial charge in [-0.2, -0.15) is 0 Å². The van der Waals surface area contributed by atoms with E-state index in [0.717, 1.165) is 0 Å². The quantitative estimate of drug-likeness (QED) is 0.630. The molecule has 17 heavy (non-hydrogen) atoms. The van der Waals surface area contributed by atoms with Crippen LogP contribution in [0.3, 0.4) is 0 Å². The first kappa shape index (κ1) is 13.7. The lowest BCUT2D eigenvalue weighted by Gasteiger charge is -2.08. The van der Waals surface area contributed by atoms with Crippen LogP contribution in [0.1, 0.15) is 0 Å². The normalized spacial score (nSPS) is 10.1. The van der Waals surface area contributed by atoms with Gasteiger partial charge in [-0.3, -0.25) is 4.79 Å². The molecular weight excluding hydrogens is 249 g/mol. The maximum Gasteiger partial charge on any atom is 0.239 e. The molecule has 1 rings (SSSR count). The fraction of sp³-hybridized carbons (Fsp3) is 0.364. The van der Waals surface area contributed by atoms with E-state index >= 15 is 0 Å². The molecule has 0 aromatic heterocycles. The van der Waals surface area contributed by atoms with Gasteiger partial charge in [-0.1, -0.05) is 0 Å². The Balaban J connectivity index is 2.62. The number of alkyl halides is 1. The second-order valence-electron chi connectivity index (χ2n) is 3.17. The maximum atomic E-state index is 13.5. The van der Waals surface area contributed by atoms with Crippen molar-refractivity contribution in [1.29, 1.82) is 0 Å².